The van der Waals surface area contributed by atoms with Gasteiger partial charge in [-0.1, -0.05) is 11.8 Å². The first kappa shape index (κ1) is 20.3. The molecule has 3 heterocycles. The summed E-state index contributed by atoms with van der Waals surface area (Å²) in [6.45, 7) is 7.05. The van der Waals surface area contributed by atoms with Gasteiger partial charge in [-0.3, -0.25) is 0 Å². The first-order chi connectivity index (χ1) is 14.7. The predicted molar refractivity (Wildman–Crippen MR) is 110 cm³/mol. The number of aromatic nitrogens is 2. The van der Waals surface area contributed by atoms with Crippen LogP contribution in [0.15, 0.2) is 28.0 Å². The van der Waals surface area contributed by atoms with Gasteiger partial charge in [0.2, 0.25) is 5.75 Å². The van der Waals surface area contributed by atoms with Crippen molar-refractivity contribution in [2.45, 2.75) is 38.4 Å². The fourth-order valence-corrected chi connectivity index (χ4v) is 4.18. The van der Waals surface area contributed by atoms with Gasteiger partial charge in [-0.15, -0.1) is 0 Å². The minimum atomic E-state index is -0.398. The lowest BCUT2D eigenvalue weighted by atomic mass is 10.0. The molecule has 0 atom stereocenters. The minimum Gasteiger partial charge on any atom is -0.489 e. The average molecular weight is 430 g/mol. The number of pyridine rings is 1. The van der Waals surface area contributed by atoms with E-state index in [1.165, 1.54) is 11.8 Å². The van der Waals surface area contributed by atoms with Crippen molar-refractivity contribution in [3.8, 4) is 17.2 Å². The van der Waals surface area contributed by atoms with Crippen LogP contribution in [0.3, 0.4) is 0 Å². The van der Waals surface area contributed by atoms with Gasteiger partial charge in [-0.05, 0) is 32.9 Å². The molecule has 30 heavy (non-hydrogen) atoms. The van der Waals surface area contributed by atoms with E-state index in [9.17, 15) is 4.79 Å². The van der Waals surface area contributed by atoms with E-state index in [4.69, 9.17) is 23.4 Å². The molecular weight excluding hydrogens is 408 g/mol. The summed E-state index contributed by atoms with van der Waals surface area (Å²) in [5, 5.41) is 0.457. The van der Waals surface area contributed by atoms with Gasteiger partial charge in [0.25, 0.3) is 5.22 Å². The SMILES string of the molecule is CCOc1c2c(c(CSc3nc4ncccc4o3)c(OCC)c1OCC)C(=O)OC2. The Morgan fingerprint density at radius 3 is 2.53 bits per heavy atom. The maximum atomic E-state index is 12.6. The quantitative estimate of drug-likeness (QED) is 0.362. The number of hydrogen-bond acceptors (Lipinski definition) is 9. The maximum Gasteiger partial charge on any atom is 0.339 e. The Bertz CT molecular complexity index is 1050. The van der Waals surface area contributed by atoms with Crippen molar-refractivity contribution in [1.29, 1.82) is 0 Å². The molecule has 2 aromatic heterocycles. The highest BCUT2D eigenvalue weighted by Crippen LogP contribution is 2.49. The van der Waals surface area contributed by atoms with E-state index in [0.29, 0.717) is 76.0 Å². The van der Waals surface area contributed by atoms with Crippen LogP contribution in [0.5, 0.6) is 17.2 Å². The monoisotopic (exact) mass is 430 g/mol. The summed E-state index contributed by atoms with van der Waals surface area (Å²) < 4.78 is 28.8. The molecule has 4 rings (SSSR count). The molecule has 0 unspecified atom stereocenters. The van der Waals surface area contributed by atoms with Crippen LogP contribution in [0.25, 0.3) is 11.2 Å². The van der Waals surface area contributed by atoms with Crippen LogP contribution in [0, 0.1) is 0 Å². The third kappa shape index (κ3) is 3.65. The van der Waals surface area contributed by atoms with Gasteiger partial charge < -0.3 is 23.4 Å². The summed E-state index contributed by atoms with van der Waals surface area (Å²) in [5.74, 6) is 1.47. The van der Waals surface area contributed by atoms with Gasteiger partial charge in [0.1, 0.15) is 6.61 Å². The Balaban J connectivity index is 1.79. The Hall–Kier alpha value is -2.94. The van der Waals surface area contributed by atoms with E-state index < -0.39 is 5.97 Å². The smallest absolute Gasteiger partial charge is 0.339 e. The largest absolute Gasteiger partial charge is 0.489 e. The number of fused-ring (bicyclic) bond motifs is 2. The molecule has 1 aliphatic rings. The molecular formula is C21H22N2O6S. The summed E-state index contributed by atoms with van der Waals surface area (Å²) in [5.41, 5.74) is 2.98. The van der Waals surface area contributed by atoms with Crippen LogP contribution in [-0.2, 0) is 17.1 Å². The summed E-state index contributed by atoms with van der Waals surface area (Å²) in [6, 6.07) is 3.60. The second kappa shape index (κ2) is 8.83. The van der Waals surface area contributed by atoms with Crippen molar-refractivity contribution < 1.29 is 28.2 Å². The number of rotatable bonds is 9. The van der Waals surface area contributed by atoms with Gasteiger partial charge in [0.05, 0.1) is 30.9 Å². The van der Waals surface area contributed by atoms with Crippen LogP contribution in [0.2, 0.25) is 0 Å². The maximum absolute atomic E-state index is 12.6. The van der Waals surface area contributed by atoms with Crippen molar-refractivity contribution >= 4 is 29.0 Å². The highest BCUT2D eigenvalue weighted by molar-refractivity contribution is 7.98. The number of esters is 1. The number of nitrogens with zero attached hydrogens (tertiary/aromatic N) is 2. The zero-order valence-corrected chi connectivity index (χ0v) is 17.8. The molecule has 0 bridgehead atoms. The Morgan fingerprint density at radius 2 is 1.80 bits per heavy atom. The minimum absolute atomic E-state index is 0.139. The normalized spacial score (nSPS) is 12.7. The summed E-state index contributed by atoms with van der Waals surface area (Å²) in [6.07, 6.45) is 1.66. The van der Waals surface area contributed by atoms with Crippen LogP contribution in [-0.4, -0.2) is 35.8 Å². The van der Waals surface area contributed by atoms with E-state index in [0.717, 1.165) is 0 Å². The number of carbonyl (C=O) groups is 1. The Labute approximate surface area is 177 Å². The van der Waals surface area contributed by atoms with Crippen molar-refractivity contribution in [2.75, 3.05) is 19.8 Å². The standard InChI is InChI=1S/C21H22N2O6S/c1-4-25-16-12-10-28-20(24)15(12)13(17(26-5-2)18(16)27-6-3)11-30-21-23-19-14(29-21)8-7-9-22-19/h7-9H,4-6,10-11H2,1-3H3. The number of oxazole rings is 1. The number of ether oxygens (including phenoxy) is 4. The van der Waals surface area contributed by atoms with Gasteiger partial charge in [-0.25, -0.2) is 9.78 Å². The molecule has 0 saturated carbocycles. The third-order valence-electron chi connectivity index (χ3n) is 4.47. The van der Waals surface area contributed by atoms with Gasteiger partial charge in [0, 0.05) is 17.5 Å². The molecule has 0 N–H and O–H groups in total. The van der Waals surface area contributed by atoms with E-state index >= 15 is 0 Å². The van der Waals surface area contributed by atoms with Crippen LogP contribution >= 0.6 is 11.8 Å². The summed E-state index contributed by atoms with van der Waals surface area (Å²) in [7, 11) is 0. The van der Waals surface area contributed by atoms with Gasteiger partial charge in [-0.2, -0.15) is 4.98 Å². The zero-order valence-electron chi connectivity index (χ0n) is 17.0. The Morgan fingerprint density at radius 1 is 1.07 bits per heavy atom. The molecule has 0 radical (unpaired) electrons. The molecule has 1 aromatic carbocycles. The molecule has 9 heteroatoms. The first-order valence-electron chi connectivity index (χ1n) is 9.79. The lowest BCUT2D eigenvalue weighted by Crippen LogP contribution is -2.10. The molecule has 1 aliphatic heterocycles. The third-order valence-corrected chi connectivity index (χ3v) is 5.32. The van der Waals surface area contributed by atoms with Crippen LogP contribution < -0.4 is 14.2 Å². The fourth-order valence-electron chi connectivity index (χ4n) is 3.33. The zero-order chi connectivity index (χ0) is 21.1. The van der Waals surface area contributed by atoms with Crippen molar-refractivity contribution in [1.82, 2.24) is 9.97 Å². The average Bonchev–Trinajstić information content (AvgIpc) is 3.33. The summed E-state index contributed by atoms with van der Waals surface area (Å²) in [4.78, 5) is 21.2. The van der Waals surface area contributed by atoms with Crippen LogP contribution in [0.4, 0.5) is 0 Å². The van der Waals surface area contributed by atoms with E-state index in [1.54, 1.807) is 12.3 Å². The van der Waals surface area contributed by atoms with Gasteiger partial charge in [0.15, 0.2) is 22.7 Å². The van der Waals surface area contributed by atoms with Crippen molar-refractivity contribution in [2.24, 2.45) is 0 Å². The molecule has 0 spiro atoms. The fraction of sp³-hybridized carbons (Fsp3) is 0.381. The lowest BCUT2D eigenvalue weighted by Gasteiger charge is -2.21. The first-order valence-corrected chi connectivity index (χ1v) is 10.8. The number of carbonyl (C=O) groups excluding carboxylic acids is 1. The van der Waals surface area contributed by atoms with Crippen molar-refractivity contribution in [3.63, 3.8) is 0 Å². The Kier molecular flexibility index (Phi) is 5.98. The molecule has 0 amide bonds. The summed E-state index contributed by atoms with van der Waals surface area (Å²) >= 11 is 1.35. The van der Waals surface area contributed by atoms with E-state index in [-0.39, 0.29) is 6.61 Å². The second-order valence-electron chi connectivity index (χ2n) is 6.29. The second-order valence-corrected chi connectivity index (χ2v) is 7.21. The number of hydrogen-bond donors (Lipinski definition) is 0. The molecule has 3 aromatic rings. The van der Waals surface area contributed by atoms with Crippen molar-refractivity contribution in [3.05, 3.63) is 35.0 Å². The van der Waals surface area contributed by atoms with Crippen LogP contribution in [0.1, 0.15) is 42.3 Å². The lowest BCUT2D eigenvalue weighted by molar-refractivity contribution is 0.0533. The molecule has 158 valence electrons. The molecule has 0 fully saturated rings. The number of cyclic esters (lactones) is 1. The van der Waals surface area contributed by atoms with Gasteiger partial charge >= 0.3 is 5.97 Å². The predicted octanol–water partition coefficient (Wildman–Crippen LogP) is 4.38. The highest BCUT2D eigenvalue weighted by atomic mass is 32.2. The molecule has 0 aliphatic carbocycles. The van der Waals surface area contributed by atoms with E-state index in [2.05, 4.69) is 9.97 Å². The molecule has 0 saturated heterocycles. The topological polar surface area (TPSA) is 92.9 Å². The van der Waals surface area contributed by atoms with E-state index in [1.807, 2.05) is 26.8 Å². The highest BCUT2D eigenvalue weighted by Gasteiger charge is 2.35. The number of thioether (sulfide) groups is 1. The number of benzene rings is 1. The molecule has 8 nitrogen and oxygen atoms in total.